The van der Waals surface area contributed by atoms with Crippen LogP contribution in [0, 0.1) is 6.92 Å². The van der Waals surface area contributed by atoms with Crippen molar-refractivity contribution in [1.29, 1.82) is 0 Å². The molecule has 108 valence electrons. The van der Waals surface area contributed by atoms with Crippen molar-refractivity contribution in [2.45, 2.75) is 45.9 Å². The van der Waals surface area contributed by atoms with E-state index in [0.717, 1.165) is 50.6 Å². The minimum Gasteiger partial charge on any atom is -0.392 e. The van der Waals surface area contributed by atoms with E-state index in [1.807, 2.05) is 19.9 Å². The van der Waals surface area contributed by atoms with Crippen LogP contribution >= 0.6 is 0 Å². The summed E-state index contributed by atoms with van der Waals surface area (Å²) >= 11 is 0. The van der Waals surface area contributed by atoms with Crippen LogP contribution in [0.15, 0.2) is 10.6 Å². The van der Waals surface area contributed by atoms with Crippen LogP contribution in [0.1, 0.15) is 31.7 Å². The summed E-state index contributed by atoms with van der Waals surface area (Å²) in [7, 11) is 0. The maximum absolute atomic E-state index is 9.54. The Bertz CT molecular complexity index is 392. The molecule has 1 saturated heterocycles. The lowest BCUT2D eigenvalue weighted by molar-refractivity contribution is 0.0308. The highest BCUT2D eigenvalue weighted by Crippen LogP contribution is 2.16. The van der Waals surface area contributed by atoms with E-state index in [1.165, 1.54) is 0 Å². The summed E-state index contributed by atoms with van der Waals surface area (Å²) in [6, 6.07) is 2.52. The van der Waals surface area contributed by atoms with Gasteiger partial charge in [-0.25, -0.2) is 0 Å². The smallest absolute Gasteiger partial charge is 0.150 e. The first-order valence-corrected chi connectivity index (χ1v) is 7.15. The van der Waals surface area contributed by atoms with Crippen molar-refractivity contribution in [3.8, 4) is 0 Å². The molecule has 19 heavy (non-hydrogen) atoms. The Kier molecular flexibility index (Phi) is 4.96. The Labute approximate surface area is 115 Å². The molecule has 0 radical (unpaired) electrons. The Morgan fingerprint density at radius 3 is 2.89 bits per heavy atom. The molecule has 1 N–H and O–H groups in total. The van der Waals surface area contributed by atoms with Gasteiger partial charge in [-0.15, -0.1) is 0 Å². The SMILES string of the molecule is CC[C@@H]1CN(Cc2cc(C)no2)CCN1C[C@H](C)O. The lowest BCUT2D eigenvalue weighted by atomic mass is 10.1. The van der Waals surface area contributed by atoms with Gasteiger partial charge in [0.2, 0.25) is 0 Å². The summed E-state index contributed by atoms with van der Waals surface area (Å²) in [5, 5.41) is 13.5. The summed E-state index contributed by atoms with van der Waals surface area (Å²) in [5.41, 5.74) is 0.940. The molecule has 0 unspecified atom stereocenters. The van der Waals surface area contributed by atoms with Crippen LogP contribution in [0.3, 0.4) is 0 Å². The molecule has 0 saturated carbocycles. The Hall–Kier alpha value is -0.910. The molecule has 0 bridgehead atoms. The number of rotatable bonds is 5. The van der Waals surface area contributed by atoms with Crippen molar-refractivity contribution in [1.82, 2.24) is 15.0 Å². The highest BCUT2D eigenvalue weighted by atomic mass is 16.5. The van der Waals surface area contributed by atoms with Crippen LogP contribution in [-0.4, -0.2) is 58.4 Å². The van der Waals surface area contributed by atoms with E-state index in [1.54, 1.807) is 0 Å². The van der Waals surface area contributed by atoms with Gasteiger partial charge in [0, 0.05) is 38.3 Å². The zero-order valence-electron chi connectivity index (χ0n) is 12.2. The molecule has 1 aromatic heterocycles. The zero-order valence-corrected chi connectivity index (χ0v) is 12.2. The quantitative estimate of drug-likeness (QED) is 0.870. The topological polar surface area (TPSA) is 52.7 Å². The number of hydrogen-bond acceptors (Lipinski definition) is 5. The second-order valence-electron chi connectivity index (χ2n) is 5.58. The van der Waals surface area contributed by atoms with E-state index in [-0.39, 0.29) is 6.10 Å². The second kappa shape index (κ2) is 6.50. The molecule has 1 aromatic rings. The van der Waals surface area contributed by atoms with Crippen molar-refractivity contribution in [2.24, 2.45) is 0 Å². The third-order valence-electron chi connectivity index (χ3n) is 3.71. The maximum atomic E-state index is 9.54. The number of piperazine rings is 1. The molecule has 0 aliphatic carbocycles. The van der Waals surface area contributed by atoms with Gasteiger partial charge in [-0.3, -0.25) is 9.80 Å². The fourth-order valence-corrected chi connectivity index (χ4v) is 2.78. The predicted molar refractivity (Wildman–Crippen MR) is 73.8 cm³/mol. The molecule has 0 amide bonds. The molecular weight excluding hydrogens is 242 g/mol. The number of nitrogens with zero attached hydrogens (tertiary/aromatic N) is 3. The number of aliphatic hydroxyl groups is 1. The standard InChI is InChI=1S/C14H25N3O2/c1-4-13-9-16(5-6-17(13)8-12(3)18)10-14-7-11(2)15-19-14/h7,12-13,18H,4-6,8-10H2,1-3H3/t12-,13+/m0/s1. The summed E-state index contributed by atoms with van der Waals surface area (Å²) in [6.45, 7) is 10.7. The Balaban J connectivity index is 1.89. The molecule has 0 aromatic carbocycles. The number of aryl methyl sites for hydroxylation is 1. The van der Waals surface area contributed by atoms with E-state index in [0.29, 0.717) is 6.04 Å². The van der Waals surface area contributed by atoms with Gasteiger partial charge in [-0.05, 0) is 20.3 Å². The summed E-state index contributed by atoms with van der Waals surface area (Å²) in [6.07, 6.45) is 0.857. The summed E-state index contributed by atoms with van der Waals surface area (Å²) in [5.74, 6) is 0.941. The highest BCUT2D eigenvalue weighted by molar-refractivity contribution is 5.03. The fourth-order valence-electron chi connectivity index (χ4n) is 2.78. The van der Waals surface area contributed by atoms with E-state index in [2.05, 4.69) is 21.9 Å². The van der Waals surface area contributed by atoms with Gasteiger partial charge in [0.05, 0.1) is 18.3 Å². The van der Waals surface area contributed by atoms with Crippen LogP contribution < -0.4 is 0 Å². The van der Waals surface area contributed by atoms with Crippen molar-refractivity contribution >= 4 is 0 Å². The number of hydrogen-bond donors (Lipinski definition) is 1. The van der Waals surface area contributed by atoms with Crippen LogP contribution in [-0.2, 0) is 6.54 Å². The van der Waals surface area contributed by atoms with Crippen molar-refractivity contribution in [3.63, 3.8) is 0 Å². The first-order valence-electron chi connectivity index (χ1n) is 7.15. The van der Waals surface area contributed by atoms with Crippen LogP contribution in [0.4, 0.5) is 0 Å². The number of β-amino-alcohol motifs (C(OH)–C–C–N with tert-alkyl or cyclic N) is 1. The van der Waals surface area contributed by atoms with Crippen LogP contribution in [0.5, 0.6) is 0 Å². The molecule has 2 atom stereocenters. The van der Waals surface area contributed by atoms with E-state index in [9.17, 15) is 5.11 Å². The lowest BCUT2D eigenvalue weighted by Gasteiger charge is -2.41. The first-order chi connectivity index (χ1) is 9.08. The van der Waals surface area contributed by atoms with Crippen LogP contribution in [0.2, 0.25) is 0 Å². The minimum atomic E-state index is -0.252. The third kappa shape index (κ3) is 4.03. The van der Waals surface area contributed by atoms with Gasteiger partial charge in [0.1, 0.15) is 0 Å². The molecule has 2 rings (SSSR count). The Morgan fingerprint density at radius 1 is 1.53 bits per heavy atom. The highest BCUT2D eigenvalue weighted by Gasteiger charge is 2.26. The molecule has 5 heteroatoms. The minimum absolute atomic E-state index is 0.252. The van der Waals surface area contributed by atoms with Gasteiger partial charge in [0.15, 0.2) is 5.76 Å². The lowest BCUT2D eigenvalue weighted by Crippen LogP contribution is -2.54. The molecule has 2 heterocycles. The van der Waals surface area contributed by atoms with Gasteiger partial charge in [-0.1, -0.05) is 12.1 Å². The molecular formula is C14H25N3O2. The maximum Gasteiger partial charge on any atom is 0.150 e. The third-order valence-corrected chi connectivity index (χ3v) is 3.71. The van der Waals surface area contributed by atoms with Gasteiger partial charge in [0.25, 0.3) is 0 Å². The average Bonchev–Trinajstić information content (AvgIpc) is 2.76. The monoisotopic (exact) mass is 267 g/mol. The average molecular weight is 267 g/mol. The number of aliphatic hydroxyl groups excluding tert-OH is 1. The molecule has 5 nitrogen and oxygen atoms in total. The number of aromatic nitrogens is 1. The summed E-state index contributed by atoms with van der Waals surface area (Å²) in [4.78, 5) is 4.81. The molecule has 1 fully saturated rings. The fraction of sp³-hybridized carbons (Fsp3) is 0.786. The largest absolute Gasteiger partial charge is 0.392 e. The van der Waals surface area contributed by atoms with Gasteiger partial charge in [-0.2, -0.15) is 0 Å². The van der Waals surface area contributed by atoms with Crippen molar-refractivity contribution < 1.29 is 9.63 Å². The van der Waals surface area contributed by atoms with Crippen molar-refractivity contribution in [2.75, 3.05) is 26.2 Å². The normalized spacial score (nSPS) is 23.7. The van der Waals surface area contributed by atoms with Gasteiger partial charge >= 0.3 is 0 Å². The van der Waals surface area contributed by atoms with E-state index >= 15 is 0 Å². The van der Waals surface area contributed by atoms with Crippen molar-refractivity contribution in [3.05, 3.63) is 17.5 Å². The summed E-state index contributed by atoms with van der Waals surface area (Å²) < 4.78 is 5.28. The van der Waals surface area contributed by atoms with E-state index in [4.69, 9.17) is 4.52 Å². The first kappa shape index (κ1) is 14.5. The van der Waals surface area contributed by atoms with Gasteiger partial charge < -0.3 is 9.63 Å². The molecule has 1 aliphatic heterocycles. The predicted octanol–water partition coefficient (Wildman–Crippen LogP) is 1.26. The molecule has 0 spiro atoms. The van der Waals surface area contributed by atoms with E-state index < -0.39 is 0 Å². The van der Waals surface area contributed by atoms with Crippen LogP contribution in [0.25, 0.3) is 0 Å². The second-order valence-corrected chi connectivity index (χ2v) is 5.58. The molecule has 1 aliphatic rings. The zero-order chi connectivity index (χ0) is 13.8. The Morgan fingerprint density at radius 2 is 2.32 bits per heavy atom.